The van der Waals surface area contributed by atoms with Gasteiger partial charge >= 0.3 is 0 Å². The summed E-state index contributed by atoms with van der Waals surface area (Å²) in [6, 6.07) is 19.6. The average molecular weight is 407 g/mol. The SMILES string of the molecule is OC(CCc1ccc(CN2CCCC2)cc1)(c1ccccc1)C1CN2CCC1CC2.[HH]. The van der Waals surface area contributed by atoms with Gasteiger partial charge in [-0.2, -0.15) is 0 Å². The summed E-state index contributed by atoms with van der Waals surface area (Å²) in [5.74, 6) is 1.000. The maximum Gasteiger partial charge on any atom is 0.0942 e. The van der Waals surface area contributed by atoms with Crippen LogP contribution in [0.25, 0.3) is 0 Å². The molecule has 2 unspecified atom stereocenters. The van der Waals surface area contributed by atoms with Crippen LogP contribution in [0, 0.1) is 11.8 Å². The average Bonchev–Trinajstić information content (AvgIpc) is 3.33. The Balaban J connectivity index is 0.00000231. The van der Waals surface area contributed by atoms with E-state index in [0.29, 0.717) is 11.8 Å². The van der Waals surface area contributed by atoms with E-state index in [1.807, 2.05) is 0 Å². The Bertz CT molecular complexity index is 813. The predicted octanol–water partition coefficient (Wildman–Crippen LogP) is 4.69. The molecular weight excluding hydrogens is 368 g/mol. The first kappa shape index (κ1) is 20.2. The van der Waals surface area contributed by atoms with E-state index < -0.39 is 5.60 Å². The summed E-state index contributed by atoms with van der Waals surface area (Å²) in [4.78, 5) is 5.11. The second kappa shape index (κ2) is 8.82. The van der Waals surface area contributed by atoms with Crippen LogP contribution in [0.2, 0.25) is 0 Å². The van der Waals surface area contributed by atoms with Gasteiger partial charge in [0, 0.05) is 20.4 Å². The fraction of sp³-hybridized carbons (Fsp3) is 0.556. The quantitative estimate of drug-likeness (QED) is 0.723. The van der Waals surface area contributed by atoms with Crippen molar-refractivity contribution in [3.8, 4) is 0 Å². The van der Waals surface area contributed by atoms with E-state index in [9.17, 15) is 5.11 Å². The van der Waals surface area contributed by atoms with Crippen LogP contribution >= 0.6 is 0 Å². The molecule has 0 saturated carbocycles. The number of fused-ring (bicyclic) bond motifs is 3. The van der Waals surface area contributed by atoms with Crippen LogP contribution in [0.3, 0.4) is 0 Å². The molecule has 0 aromatic heterocycles. The summed E-state index contributed by atoms with van der Waals surface area (Å²) in [5, 5.41) is 12.1. The minimum atomic E-state index is -0.737. The molecule has 6 rings (SSSR count). The minimum absolute atomic E-state index is 0. The second-order valence-corrected chi connectivity index (χ2v) is 9.83. The molecule has 0 spiro atoms. The van der Waals surface area contributed by atoms with Gasteiger partial charge in [0.05, 0.1) is 5.60 Å². The number of nitrogens with zero attached hydrogens (tertiary/aromatic N) is 2. The Morgan fingerprint density at radius 1 is 0.867 bits per heavy atom. The molecule has 2 aromatic rings. The number of piperidine rings is 3. The maximum absolute atomic E-state index is 12.1. The Kier molecular flexibility index (Phi) is 5.95. The van der Waals surface area contributed by atoms with Gasteiger partial charge < -0.3 is 10.0 Å². The predicted molar refractivity (Wildman–Crippen MR) is 124 cm³/mol. The molecule has 4 aliphatic heterocycles. The minimum Gasteiger partial charge on any atom is -0.385 e. The van der Waals surface area contributed by atoms with Gasteiger partial charge in [0.1, 0.15) is 0 Å². The number of benzene rings is 2. The van der Waals surface area contributed by atoms with E-state index in [1.165, 1.54) is 63.0 Å². The van der Waals surface area contributed by atoms with Crippen LogP contribution in [-0.4, -0.2) is 47.6 Å². The van der Waals surface area contributed by atoms with Crippen molar-refractivity contribution in [3.63, 3.8) is 0 Å². The largest absolute Gasteiger partial charge is 0.385 e. The van der Waals surface area contributed by atoms with E-state index in [0.717, 1.165) is 31.5 Å². The maximum atomic E-state index is 12.1. The van der Waals surface area contributed by atoms with Crippen molar-refractivity contribution < 1.29 is 6.53 Å². The smallest absolute Gasteiger partial charge is 0.0942 e. The number of rotatable bonds is 7. The molecule has 0 amide bonds. The van der Waals surface area contributed by atoms with Crippen molar-refractivity contribution in [1.29, 1.82) is 0 Å². The van der Waals surface area contributed by atoms with Crippen molar-refractivity contribution in [2.24, 2.45) is 11.8 Å². The van der Waals surface area contributed by atoms with Gasteiger partial charge in [-0.05, 0) is 87.3 Å². The van der Waals surface area contributed by atoms with Crippen molar-refractivity contribution in [3.05, 3.63) is 71.3 Å². The zero-order valence-corrected chi connectivity index (χ0v) is 18.2. The molecule has 0 aliphatic carbocycles. The van der Waals surface area contributed by atoms with Gasteiger partial charge in [0.25, 0.3) is 0 Å². The molecule has 3 heteroatoms. The lowest BCUT2D eigenvalue weighted by Crippen LogP contribution is -2.55. The zero-order valence-electron chi connectivity index (χ0n) is 18.2. The van der Waals surface area contributed by atoms with Crippen LogP contribution in [0.4, 0.5) is 0 Å². The third-order valence-electron chi connectivity index (χ3n) is 7.97. The molecular formula is C27H38N2O. The Hall–Kier alpha value is -1.68. The molecule has 4 aliphatic rings. The molecule has 4 fully saturated rings. The number of aliphatic hydroxyl groups is 1. The van der Waals surface area contributed by atoms with Crippen LogP contribution in [0.1, 0.15) is 50.2 Å². The first-order valence-electron chi connectivity index (χ1n) is 12.0. The summed E-state index contributed by atoms with van der Waals surface area (Å²) in [6.07, 6.45) is 6.90. The van der Waals surface area contributed by atoms with Crippen molar-refractivity contribution >= 4 is 0 Å². The fourth-order valence-corrected chi connectivity index (χ4v) is 6.12. The number of hydrogen-bond donors (Lipinski definition) is 1. The number of aryl methyl sites for hydroxylation is 1. The van der Waals surface area contributed by atoms with E-state index in [4.69, 9.17) is 0 Å². The molecule has 162 valence electrons. The monoisotopic (exact) mass is 406 g/mol. The highest BCUT2D eigenvalue weighted by atomic mass is 16.3. The van der Waals surface area contributed by atoms with Crippen molar-refractivity contribution in [1.82, 2.24) is 9.80 Å². The van der Waals surface area contributed by atoms with E-state index >= 15 is 0 Å². The first-order chi connectivity index (χ1) is 14.7. The van der Waals surface area contributed by atoms with Crippen LogP contribution in [0.15, 0.2) is 54.6 Å². The summed E-state index contributed by atoms with van der Waals surface area (Å²) in [6.45, 7) is 7.03. The van der Waals surface area contributed by atoms with Crippen LogP contribution < -0.4 is 0 Å². The normalized spacial score (nSPS) is 28.5. The summed E-state index contributed by atoms with van der Waals surface area (Å²) >= 11 is 0. The molecule has 2 bridgehead atoms. The standard InChI is InChI=1S/C27H36N2O.H2/c30-27(25-6-2-1-3-7-25,26-21-29-18-13-24(26)14-19-29)15-12-22-8-10-23(11-9-22)20-28-16-4-5-17-28;/h1-3,6-11,24,26,30H,4-5,12-21H2;1H. The fourth-order valence-electron chi connectivity index (χ4n) is 6.12. The molecule has 30 heavy (non-hydrogen) atoms. The third-order valence-corrected chi connectivity index (χ3v) is 7.97. The molecule has 2 aromatic carbocycles. The van der Waals surface area contributed by atoms with Gasteiger partial charge in [-0.3, -0.25) is 4.90 Å². The highest BCUT2D eigenvalue weighted by Gasteiger charge is 2.47. The molecule has 3 nitrogen and oxygen atoms in total. The highest BCUT2D eigenvalue weighted by Crippen LogP contribution is 2.45. The lowest BCUT2D eigenvalue weighted by molar-refractivity contribution is -0.106. The van der Waals surface area contributed by atoms with E-state index in [-0.39, 0.29) is 1.43 Å². The van der Waals surface area contributed by atoms with E-state index in [1.54, 1.807) is 0 Å². The Labute approximate surface area is 183 Å². The van der Waals surface area contributed by atoms with Gasteiger partial charge in [-0.1, -0.05) is 54.6 Å². The lowest BCUT2D eigenvalue weighted by Gasteiger charge is -2.51. The molecule has 0 radical (unpaired) electrons. The second-order valence-electron chi connectivity index (χ2n) is 9.83. The van der Waals surface area contributed by atoms with Gasteiger partial charge in [0.15, 0.2) is 0 Å². The highest BCUT2D eigenvalue weighted by molar-refractivity contribution is 5.27. The Morgan fingerprint density at radius 3 is 2.17 bits per heavy atom. The van der Waals surface area contributed by atoms with Crippen LogP contribution in [-0.2, 0) is 18.6 Å². The number of likely N-dealkylation sites (tertiary alicyclic amines) is 1. The number of hydrogen-bond acceptors (Lipinski definition) is 3. The summed E-state index contributed by atoms with van der Waals surface area (Å²) in [7, 11) is 0. The van der Waals surface area contributed by atoms with Crippen molar-refractivity contribution in [2.45, 2.75) is 50.7 Å². The first-order valence-corrected chi connectivity index (χ1v) is 12.0. The lowest BCUT2D eigenvalue weighted by atomic mass is 9.66. The van der Waals surface area contributed by atoms with Crippen molar-refractivity contribution in [2.75, 3.05) is 32.7 Å². The molecule has 4 saturated heterocycles. The van der Waals surface area contributed by atoms with Gasteiger partial charge in [-0.25, -0.2) is 0 Å². The zero-order chi connectivity index (χ0) is 20.4. The van der Waals surface area contributed by atoms with E-state index in [2.05, 4.69) is 64.4 Å². The van der Waals surface area contributed by atoms with Crippen LogP contribution in [0.5, 0.6) is 0 Å². The third kappa shape index (κ3) is 4.21. The summed E-state index contributed by atoms with van der Waals surface area (Å²) in [5.41, 5.74) is 3.13. The molecule has 1 N–H and O–H groups in total. The molecule has 4 heterocycles. The summed E-state index contributed by atoms with van der Waals surface area (Å²) < 4.78 is 0. The van der Waals surface area contributed by atoms with Gasteiger partial charge in [0.2, 0.25) is 0 Å². The topological polar surface area (TPSA) is 26.7 Å². The van der Waals surface area contributed by atoms with Gasteiger partial charge in [-0.15, -0.1) is 0 Å². The molecule has 2 atom stereocenters. The Morgan fingerprint density at radius 2 is 1.53 bits per heavy atom.